The lowest BCUT2D eigenvalue weighted by atomic mass is 10.2. The number of benzene rings is 2. The van der Waals surface area contributed by atoms with Gasteiger partial charge in [-0.1, -0.05) is 17.7 Å². The molecule has 3 aromatic rings. The Kier molecular flexibility index (Phi) is 5.49. The largest absolute Gasteiger partial charge is 0.416 e. The second-order valence-corrected chi connectivity index (χ2v) is 8.10. The van der Waals surface area contributed by atoms with Crippen LogP contribution in [-0.4, -0.2) is 10.5 Å². The highest BCUT2D eigenvalue weighted by Gasteiger charge is 2.34. The van der Waals surface area contributed by atoms with E-state index in [4.69, 9.17) is 11.6 Å². The summed E-state index contributed by atoms with van der Waals surface area (Å²) >= 11 is 6.21. The molecule has 1 N–H and O–H groups in total. The molecular weight excluding hydrogens is 415 g/mol. The third kappa shape index (κ3) is 4.03. The number of aryl methyl sites for hydroxylation is 2. The minimum atomic E-state index is -4.44. The number of carbonyl (C=O) groups is 1. The van der Waals surface area contributed by atoms with Crippen molar-refractivity contribution in [1.82, 2.24) is 4.57 Å². The normalized spacial score (nSPS) is 14.4. The number of fused-ring (bicyclic) bond motifs is 3. The van der Waals surface area contributed by atoms with Gasteiger partial charge in [0.05, 0.1) is 22.8 Å². The maximum Gasteiger partial charge on any atom is 0.416 e. The quantitative estimate of drug-likeness (QED) is 0.558. The van der Waals surface area contributed by atoms with Crippen molar-refractivity contribution in [1.29, 1.82) is 0 Å². The van der Waals surface area contributed by atoms with Crippen LogP contribution in [0.2, 0.25) is 5.02 Å². The van der Waals surface area contributed by atoms with Gasteiger partial charge in [-0.15, -0.1) is 0 Å². The zero-order valence-electron chi connectivity index (χ0n) is 16.5. The van der Waals surface area contributed by atoms with Gasteiger partial charge in [-0.3, -0.25) is 4.79 Å². The van der Waals surface area contributed by atoms with Crippen molar-refractivity contribution in [2.45, 2.75) is 51.9 Å². The molecule has 2 heterocycles. The third-order valence-electron chi connectivity index (χ3n) is 5.49. The Morgan fingerprint density at radius 2 is 1.97 bits per heavy atom. The van der Waals surface area contributed by atoms with E-state index in [9.17, 15) is 18.0 Å². The molecule has 0 spiro atoms. The van der Waals surface area contributed by atoms with Gasteiger partial charge >= 0.3 is 6.18 Å². The molecule has 0 radical (unpaired) electrons. The highest BCUT2D eigenvalue weighted by atomic mass is 35.5. The van der Waals surface area contributed by atoms with Crippen LogP contribution in [0.5, 0.6) is 0 Å². The number of nitrogens with zero attached hydrogens (tertiary/aromatic N) is 2. The van der Waals surface area contributed by atoms with E-state index in [0.717, 1.165) is 54.8 Å². The van der Waals surface area contributed by atoms with E-state index in [0.29, 0.717) is 22.6 Å². The smallest absolute Gasteiger partial charge is 0.321 e. The fourth-order valence-corrected chi connectivity index (χ4v) is 4.33. The van der Waals surface area contributed by atoms with Crippen molar-refractivity contribution in [2.75, 3.05) is 5.32 Å². The number of nitrogens with one attached hydrogen (secondary N) is 1. The molecule has 8 heteroatoms. The standard InChI is InChI=1S/C22H21ClF3N3O/c1-14-6-8-17(16(23)11-14)27-20(30)13-29-19-12-15(22(24,25)26)7-9-18(19)28-10-4-2-3-5-21(28)29/h6-9,11-12H,2-5,10,13H2,1H3/p+1. The van der Waals surface area contributed by atoms with Gasteiger partial charge in [0.2, 0.25) is 0 Å². The van der Waals surface area contributed by atoms with E-state index >= 15 is 0 Å². The minimum absolute atomic E-state index is 0.0790. The molecule has 0 fully saturated rings. The second kappa shape index (κ2) is 7.95. The zero-order valence-corrected chi connectivity index (χ0v) is 17.3. The van der Waals surface area contributed by atoms with Crippen molar-refractivity contribution < 1.29 is 22.5 Å². The molecule has 0 bridgehead atoms. The molecular formula is C22H22ClF3N3O+. The van der Waals surface area contributed by atoms with E-state index in [1.165, 1.54) is 6.07 Å². The summed E-state index contributed by atoms with van der Waals surface area (Å²) in [5.41, 5.74) is 1.88. The molecule has 1 aliphatic rings. The fraction of sp³-hybridized carbons (Fsp3) is 0.364. The molecule has 1 amide bonds. The molecule has 0 aliphatic carbocycles. The Balaban J connectivity index is 1.74. The van der Waals surface area contributed by atoms with Gasteiger partial charge in [-0.25, -0.2) is 9.13 Å². The van der Waals surface area contributed by atoms with E-state index in [1.807, 2.05) is 13.0 Å². The molecule has 4 rings (SSSR count). The van der Waals surface area contributed by atoms with Gasteiger partial charge in [0.25, 0.3) is 11.7 Å². The highest BCUT2D eigenvalue weighted by molar-refractivity contribution is 6.33. The van der Waals surface area contributed by atoms with Crippen LogP contribution in [0.25, 0.3) is 11.0 Å². The fourth-order valence-electron chi connectivity index (χ4n) is 4.05. The van der Waals surface area contributed by atoms with Crippen LogP contribution < -0.4 is 9.88 Å². The van der Waals surface area contributed by atoms with Crippen molar-refractivity contribution in [2.24, 2.45) is 0 Å². The summed E-state index contributed by atoms with van der Waals surface area (Å²) in [5.74, 6) is 0.551. The number of anilines is 1. The summed E-state index contributed by atoms with van der Waals surface area (Å²) in [6.45, 7) is 2.55. The van der Waals surface area contributed by atoms with Crippen molar-refractivity contribution in [3.8, 4) is 0 Å². The molecule has 1 aromatic heterocycles. The van der Waals surface area contributed by atoms with Gasteiger partial charge in [0.15, 0.2) is 17.6 Å². The number of imidazole rings is 1. The monoisotopic (exact) mass is 436 g/mol. The molecule has 158 valence electrons. The van der Waals surface area contributed by atoms with E-state index in [2.05, 4.69) is 9.88 Å². The summed E-state index contributed by atoms with van der Waals surface area (Å²) in [7, 11) is 0. The lowest BCUT2D eigenvalue weighted by Gasteiger charge is -2.08. The zero-order chi connectivity index (χ0) is 21.5. The molecule has 30 heavy (non-hydrogen) atoms. The van der Waals surface area contributed by atoms with Gasteiger partial charge in [0.1, 0.15) is 0 Å². The van der Waals surface area contributed by atoms with Crippen LogP contribution in [0.3, 0.4) is 0 Å². The predicted octanol–water partition coefficient (Wildman–Crippen LogP) is 5.27. The Morgan fingerprint density at radius 3 is 2.70 bits per heavy atom. The van der Waals surface area contributed by atoms with Crippen molar-refractivity contribution in [3.05, 3.63) is 58.4 Å². The Labute approximate surface area is 177 Å². The summed E-state index contributed by atoms with van der Waals surface area (Å²) in [4.78, 5) is 12.8. The molecule has 0 saturated carbocycles. The topological polar surface area (TPSA) is 37.9 Å². The minimum Gasteiger partial charge on any atom is -0.321 e. The lowest BCUT2D eigenvalue weighted by Crippen LogP contribution is -2.37. The number of halogens is 4. The van der Waals surface area contributed by atoms with Gasteiger partial charge in [0, 0.05) is 12.5 Å². The molecule has 0 saturated heterocycles. The first-order valence-electron chi connectivity index (χ1n) is 9.92. The summed E-state index contributed by atoms with van der Waals surface area (Å²) in [6.07, 6.45) is -0.774. The average Bonchev–Trinajstić information content (AvgIpc) is 2.83. The number of hydrogen-bond donors (Lipinski definition) is 1. The Hall–Kier alpha value is -2.54. The number of amides is 1. The van der Waals surface area contributed by atoms with E-state index < -0.39 is 11.7 Å². The number of rotatable bonds is 3. The van der Waals surface area contributed by atoms with E-state index in [1.54, 1.807) is 16.7 Å². The van der Waals surface area contributed by atoms with Crippen molar-refractivity contribution in [3.63, 3.8) is 0 Å². The number of carbonyl (C=O) groups excluding carboxylic acids is 1. The van der Waals surface area contributed by atoms with Crippen molar-refractivity contribution >= 4 is 34.2 Å². The average molecular weight is 437 g/mol. The summed E-state index contributed by atoms with van der Waals surface area (Å²) < 4.78 is 43.7. The van der Waals surface area contributed by atoms with E-state index in [-0.39, 0.29) is 12.5 Å². The maximum absolute atomic E-state index is 13.3. The van der Waals surface area contributed by atoms with Crippen LogP contribution >= 0.6 is 11.6 Å². The third-order valence-corrected chi connectivity index (χ3v) is 5.80. The Morgan fingerprint density at radius 1 is 1.17 bits per heavy atom. The lowest BCUT2D eigenvalue weighted by molar-refractivity contribution is -0.678. The molecule has 0 atom stereocenters. The highest BCUT2D eigenvalue weighted by Crippen LogP contribution is 2.32. The molecule has 2 aromatic carbocycles. The molecule has 0 unspecified atom stereocenters. The first-order chi connectivity index (χ1) is 14.2. The SMILES string of the molecule is Cc1ccc(NC(=O)Cn2c3[n+](c4ccc(C(F)(F)F)cc42)CCCCC3)c(Cl)c1. The second-order valence-electron chi connectivity index (χ2n) is 7.70. The number of hydrogen-bond acceptors (Lipinski definition) is 1. The number of aromatic nitrogens is 2. The predicted molar refractivity (Wildman–Crippen MR) is 110 cm³/mol. The van der Waals surface area contributed by atoms with Gasteiger partial charge in [-0.2, -0.15) is 13.2 Å². The molecule has 1 aliphatic heterocycles. The summed E-state index contributed by atoms with van der Waals surface area (Å²) in [5, 5.41) is 3.21. The van der Waals surface area contributed by atoms with Gasteiger partial charge in [-0.05, 0) is 56.0 Å². The first-order valence-corrected chi connectivity index (χ1v) is 10.3. The van der Waals surface area contributed by atoms with Gasteiger partial charge < -0.3 is 5.32 Å². The van der Waals surface area contributed by atoms with Crippen LogP contribution in [0.1, 0.15) is 36.2 Å². The number of alkyl halides is 3. The summed E-state index contributed by atoms with van der Waals surface area (Å²) in [6, 6.07) is 9.07. The van der Waals surface area contributed by atoms with Crippen LogP contribution in [0.15, 0.2) is 36.4 Å². The van der Waals surface area contributed by atoms with Crippen LogP contribution in [-0.2, 0) is 30.5 Å². The van der Waals surface area contributed by atoms with Crippen LogP contribution in [0, 0.1) is 6.92 Å². The molecule has 4 nitrogen and oxygen atoms in total. The Bertz CT molecular complexity index is 1120. The maximum atomic E-state index is 13.3. The first kappa shape index (κ1) is 20.7. The van der Waals surface area contributed by atoms with Crippen LogP contribution in [0.4, 0.5) is 18.9 Å².